The number of benzene rings is 2. The molecule has 140 valence electrons. The second-order valence-corrected chi connectivity index (χ2v) is 7.24. The molecular weight excluding hydrogens is 358 g/mol. The summed E-state index contributed by atoms with van der Waals surface area (Å²) in [7, 11) is 0.435. The number of nitrogens with one attached hydrogen (secondary N) is 1. The van der Waals surface area contributed by atoms with Crippen molar-refractivity contribution in [1.29, 1.82) is 0 Å². The zero-order valence-corrected chi connectivity index (χ0v) is 15.8. The van der Waals surface area contributed by atoms with Crippen molar-refractivity contribution >= 4 is 16.0 Å². The van der Waals surface area contributed by atoms with E-state index in [1.165, 1.54) is 33.5 Å². The third-order valence-corrected chi connectivity index (χ3v) is 5.26. The molecule has 2 aromatic carbocycles. The number of hydrogen-bond acceptors (Lipinski definition) is 6. The predicted octanol–water partition coefficient (Wildman–Crippen LogP) is 2.28. The summed E-state index contributed by atoms with van der Waals surface area (Å²) in [6.45, 7) is 1.71. The molecule has 0 unspecified atom stereocenters. The molecule has 26 heavy (non-hydrogen) atoms. The standard InChI is InChI=1S/C18H21NO6S/c1-12-5-7-15(10-16(12)18(20)25-4)26(21,22)19-11-13-9-14(23-2)6-8-17(13)24-3/h5-10,19H,11H2,1-4H3. The summed E-state index contributed by atoms with van der Waals surface area (Å²) in [5.41, 5.74) is 1.45. The lowest BCUT2D eigenvalue weighted by Gasteiger charge is -2.13. The smallest absolute Gasteiger partial charge is 0.338 e. The molecule has 0 radical (unpaired) electrons. The van der Waals surface area contributed by atoms with Gasteiger partial charge in [0.25, 0.3) is 0 Å². The van der Waals surface area contributed by atoms with Gasteiger partial charge in [-0.3, -0.25) is 0 Å². The van der Waals surface area contributed by atoms with Crippen molar-refractivity contribution < 1.29 is 27.4 Å². The normalized spacial score (nSPS) is 11.1. The second kappa shape index (κ2) is 8.20. The molecule has 0 aliphatic heterocycles. The van der Waals surface area contributed by atoms with Gasteiger partial charge in [0.15, 0.2) is 0 Å². The quantitative estimate of drug-likeness (QED) is 0.742. The van der Waals surface area contributed by atoms with Crippen LogP contribution in [0, 0.1) is 6.92 Å². The van der Waals surface area contributed by atoms with E-state index in [0.29, 0.717) is 22.6 Å². The summed E-state index contributed by atoms with van der Waals surface area (Å²) in [6, 6.07) is 9.41. The monoisotopic (exact) mass is 379 g/mol. The Morgan fingerprint density at radius 2 is 1.77 bits per heavy atom. The lowest BCUT2D eigenvalue weighted by atomic mass is 10.1. The molecule has 0 saturated heterocycles. The van der Waals surface area contributed by atoms with Crippen LogP contribution in [0.25, 0.3) is 0 Å². The van der Waals surface area contributed by atoms with Gasteiger partial charge in [0.05, 0.1) is 31.8 Å². The first-order valence-corrected chi connectivity index (χ1v) is 9.20. The maximum Gasteiger partial charge on any atom is 0.338 e. The van der Waals surface area contributed by atoms with E-state index in [1.54, 1.807) is 31.2 Å². The van der Waals surface area contributed by atoms with Crippen LogP contribution in [-0.4, -0.2) is 35.7 Å². The van der Waals surface area contributed by atoms with Crippen molar-refractivity contribution in [1.82, 2.24) is 4.72 Å². The van der Waals surface area contributed by atoms with Crippen LogP contribution in [0.3, 0.4) is 0 Å². The van der Waals surface area contributed by atoms with E-state index in [2.05, 4.69) is 9.46 Å². The number of hydrogen-bond donors (Lipinski definition) is 1. The Morgan fingerprint density at radius 1 is 1.04 bits per heavy atom. The summed E-state index contributed by atoms with van der Waals surface area (Å²) in [5.74, 6) is 0.532. The van der Waals surface area contributed by atoms with Gasteiger partial charge >= 0.3 is 5.97 Å². The number of esters is 1. The number of carbonyl (C=O) groups is 1. The number of ether oxygens (including phenoxy) is 3. The van der Waals surface area contributed by atoms with Gasteiger partial charge in [-0.05, 0) is 42.8 Å². The third kappa shape index (κ3) is 4.33. The van der Waals surface area contributed by atoms with Crippen molar-refractivity contribution in [2.75, 3.05) is 21.3 Å². The summed E-state index contributed by atoms with van der Waals surface area (Å²) in [5, 5.41) is 0. The maximum atomic E-state index is 12.6. The molecule has 0 atom stereocenters. The number of rotatable bonds is 7. The van der Waals surface area contributed by atoms with E-state index < -0.39 is 16.0 Å². The Bertz CT molecular complexity index is 908. The maximum absolute atomic E-state index is 12.6. The highest BCUT2D eigenvalue weighted by atomic mass is 32.2. The van der Waals surface area contributed by atoms with Crippen molar-refractivity contribution in [3.63, 3.8) is 0 Å². The van der Waals surface area contributed by atoms with E-state index in [1.807, 2.05) is 0 Å². The molecule has 0 spiro atoms. The molecule has 8 heteroatoms. The Morgan fingerprint density at radius 3 is 2.38 bits per heavy atom. The summed E-state index contributed by atoms with van der Waals surface area (Å²) < 4.78 is 42.8. The van der Waals surface area contributed by atoms with Crippen LogP contribution >= 0.6 is 0 Å². The zero-order chi connectivity index (χ0) is 19.3. The molecule has 2 aromatic rings. The van der Waals surface area contributed by atoms with Crippen LogP contribution in [0.4, 0.5) is 0 Å². The topological polar surface area (TPSA) is 90.9 Å². The number of carbonyl (C=O) groups excluding carboxylic acids is 1. The molecule has 0 fully saturated rings. The highest BCUT2D eigenvalue weighted by molar-refractivity contribution is 7.89. The summed E-state index contributed by atoms with van der Waals surface area (Å²) >= 11 is 0. The van der Waals surface area contributed by atoms with E-state index in [0.717, 1.165) is 0 Å². The van der Waals surface area contributed by atoms with E-state index in [-0.39, 0.29) is 17.0 Å². The van der Waals surface area contributed by atoms with Crippen LogP contribution in [-0.2, 0) is 21.3 Å². The molecular formula is C18H21NO6S. The summed E-state index contributed by atoms with van der Waals surface area (Å²) in [4.78, 5) is 11.8. The zero-order valence-electron chi connectivity index (χ0n) is 15.0. The lowest BCUT2D eigenvalue weighted by molar-refractivity contribution is 0.0599. The van der Waals surface area contributed by atoms with E-state index >= 15 is 0 Å². The van der Waals surface area contributed by atoms with Crippen LogP contribution in [0.15, 0.2) is 41.3 Å². The van der Waals surface area contributed by atoms with Crippen molar-refractivity contribution in [3.05, 3.63) is 53.1 Å². The first-order chi connectivity index (χ1) is 12.3. The molecule has 0 saturated carbocycles. The van der Waals surface area contributed by atoms with Crippen LogP contribution in [0.5, 0.6) is 11.5 Å². The Kier molecular flexibility index (Phi) is 6.23. The molecule has 7 nitrogen and oxygen atoms in total. The Balaban J connectivity index is 2.29. The SMILES string of the molecule is COC(=O)c1cc(S(=O)(=O)NCc2cc(OC)ccc2OC)ccc1C. The Hall–Kier alpha value is -2.58. The van der Waals surface area contributed by atoms with Gasteiger partial charge in [0.1, 0.15) is 11.5 Å². The summed E-state index contributed by atoms with van der Waals surface area (Å²) in [6.07, 6.45) is 0. The number of methoxy groups -OCH3 is 3. The molecule has 1 N–H and O–H groups in total. The van der Waals surface area contributed by atoms with E-state index in [4.69, 9.17) is 9.47 Å². The second-order valence-electron chi connectivity index (χ2n) is 5.47. The molecule has 0 heterocycles. The number of sulfonamides is 1. The fraction of sp³-hybridized carbons (Fsp3) is 0.278. The van der Waals surface area contributed by atoms with Gasteiger partial charge in [0.2, 0.25) is 10.0 Å². The van der Waals surface area contributed by atoms with Gasteiger partial charge in [-0.25, -0.2) is 17.9 Å². The minimum Gasteiger partial charge on any atom is -0.497 e. The molecule has 2 rings (SSSR count). The molecule has 0 aliphatic carbocycles. The predicted molar refractivity (Wildman–Crippen MR) is 96.1 cm³/mol. The fourth-order valence-electron chi connectivity index (χ4n) is 2.37. The highest BCUT2D eigenvalue weighted by Crippen LogP contribution is 2.24. The minimum atomic E-state index is -3.84. The molecule has 0 aliphatic rings. The van der Waals surface area contributed by atoms with Crippen LogP contribution < -0.4 is 14.2 Å². The van der Waals surface area contributed by atoms with Crippen molar-refractivity contribution in [2.45, 2.75) is 18.4 Å². The molecule has 0 amide bonds. The minimum absolute atomic E-state index is 0.00411. The van der Waals surface area contributed by atoms with Crippen LogP contribution in [0.2, 0.25) is 0 Å². The molecule has 0 aromatic heterocycles. The largest absolute Gasteiger partial charge is 0.497 e. The van der Waals surface area contributed by atoms with Gasteiger partial charge in [-0.2, -0.15) is 0 Å². The van der Waals surface area contributed by atoms with Gasteiger partial charge < -0.3 is 14.2 Å². The third-order valence-electron chi connectivity index (χ3n) is 3.86. The van der Waals surface area contributed by atoms with Crippen LogP contribution in [0.1, 0.15) is 21.5 Å². The number of aryl methyl sites for hydroxylation is 1. The Labute approximate surface area is 152 Å². The molecule has 0 bridgehead atoms. The lowest BCUT2D eigenvalue weighted by Crippen LogP contribution is -2.24. The fourth-order valence-corrected chi connectivity index (χ4v) is 3.41. The van der Waals surface area contributed by atoms with Crippen molar-refractivity contribution in [2.24, 2.45) is 0 Å². The average molecular weight is 379 g/mol. The first-order valence-electron chi connectivity index (χ1n) is 7.72. The van der Waals surface area contributed by atoms with E-state index in [9.17, 15) is 13.2 Å². The van der Waals surface area contributed by atoms with Gasteiger partial charge in [-0.15, -0.1) is 0 Å². The van der Waals surface area contributed by atoms with Gasteiger partial charge in [0, 0.05) is 12.1 Å². The van der Waals surface area contributed by atoms with Crippen molar-refractivity contribution in [3.8, 4) is 11.5 Å². The average Bonchev–Trinajstić information content (AvgIpc) is 2.65. The first kappa shape index (κ1) is 19.7. The van der Waals surface area contributed by atoms with Gasteiger partial charge in [-0.1, -0.05) is 6.07 Å². The highest BCUT2D eigenvalue weighted by Gasteiger charge is 2.19.